The summed E-state index contributed by atoms with van der Waals surface area (Å²) in [5.41, 5.74) is 1.42. The fourth-order valence-corrected chi connectivity index (χ4v) is 5.57. The molecule has 0 atom stereocenters. The van der Waals surface area contributed by atoms with Crippen molar-refractivity contribution in [2.24, 2.45) is 0 Å². The second-order valence-corrected chi connectivity index (χ2v) is 6.27. The Morgan fingerprint density at radius 2 is 2.36 bits per heavy atom. The minimum Gasteiger partial charge on any atom is -0.144 e. The molecule has 0 fully saturated rings. The highest BCUT2D eigenvalue weighted by Crippen LogP contribution is 2.35. The van der Waals surface area contributed by atoms with Crippen LogP contribution in [0.3, 0.4) is 0 Å². The third kappa shape index (κ3) is 1.86. The first kappa shape index (κ1) is 11.2. The quantitative estimate of drug-likeness (QED) is 0.384. The number of benzene rings is 1. The Balaban J connectivity index is 2.79. The molecular formula is C10H8BrIS2. The summed E-state index contributed by atoms with van der Waals surface area (Å²) in [4.78, 5) is 1.39. The van der Waals surface area contributed by atoms with Gasteiger partial charge in [0.2, 0.25) is 0 Å². The smallest absolute Gasteiger partial charge is 0.0364 e. The molecule has 0 aliphatic rings. The lowest BCUT2D eigenvalue weighted by Gasteiger charge is -2.08. The predicted octanol–water partition coefficient (Wildman–Crippen LogP) is 5.12. The molecule has 0 N–H and O–H groups in total. The van der Waals surface area contributed by atoms with Gasteiger partial charge in [0.15, 0.2) is 0 Å². The molecule has 14 heavy (non-hydrogen) atoms. The number of hydrogen-bond acceptors (Lipinski definition) is 2. The number of halogens is 2. The van der Waals surface area contributed by atoms with Crippen molar-refractivity contribution in [1.82, 2.24) is 0 Å². The summed E-state index contributed by atoms with van der Waals surface area (Å²) >= 11 is 9.65. The molecular weight excluding hydrogens is 391 g/mol. The SMILES string of the molecule is CSc1cc2sccc2c(I)c1CBr. The Bertz CT molecular complexity index is 464. The van der Waals surface area contributed by atoms with E-state index in [1.54, 1.807) is 0 Å². The van der Waals surface area contributed by atoms with Gasteiger partial charge in [-0.2, -0.15) is 0 Å². The molecule has 1 aromatic heterocycles. The molecule has 0 amide bonds. The van der Waals surface area contributed by atoms with Crippen LogP contribution in [0.4, 0.5) is 0 Å². The zero-order valence-electron chi connectivity index (χ0n) is 7.51. The van der Waals surface area contributed by atoms with E-state index >= 15 is 0 Å². The molecule has 4 heteroatoms. The van der Waals surface area contributed by atoms with Crippen molar-refractivity contribution in [3.63, 3.8) is 0 Å². The maximum atomic E-state index is 3.56. The van der Waals surface area contributed by atoms with Crippen LogP contribution in [0.2, 0.25) is 0 Å². The topological polar surface area (TPSA) is 0 Å². The van der Waals surface area contributed by atoms with Gasteiger partial charge in [-0.3, -0.25) is 0 Å². The van der Waals surface area contributed by atoms with E-state index in [1.165, 1.54) is 24.1 Å². The average molecular weight is 399 g/mol. The summed E-state index contributed by atoms with van der Waals surface area (Å²) in [7, 11) is 0. The minimum absolute atomic E-state index is 0.938. The first-order chi connectivity index (χ1) is 6.77. The van der Waals surface area contributed by atoms with E-state index < -0.39 is 0 Å². The van der Waals surface area contributed by atoms with Gasteiger partial charge in [-0.25, -0.2) is 0 Å². The molecule has 2 aromatic rings. The highest BCUT2D eigenvalue weighted by atomic mass is 127. The van der Waals surface area contributed by atoms with E-state index in [0.717, 1.165) is 5.33 Å². The molecule has 0 nitrogen and oxygen atoms in total. The minimum atomic E-state index is 0.938. The van der Waals surface area contributed by atoms with Crippen LogP contribution in [0.15, 0.2) is 22.4 Å². The van der Waals surface area contributed by atoms with Gasteiger partial charge in [0.25, 0.3) is 0 Å². The highest BCUT2D eigenvalue weighted by Gasteiger charge is 2.10. The molecule has 0 saturated carbocycles. The zero-order chi connectivity index (χ0) is 10.1. The van der Waals surface area contributed by atoms with Gasteiger partial charge in [0.1, 0.15) is 0 Å². The van der Waals surface area contributed by atoms with Gasteiger partial charge in [-0.1, -0.05) is 15.9 Å². The maximum absolute atomic E-state index is 3.56. The van der Waals surface area contributed by atoms with E-state index in [0.29, 0.717) is 0 Å². The molecule has 0 radical (unpaired) electrons. The lowest BCUT2D eigenvalue weighted by molar-refractivity contribution is 1.29. The second kappa shape index (κ2) is 4.72. The van der Waals surface area contributed by atoms with Crippen molar-refractivity contribution >= 4 is 71.7 Å². The lowest BCUT2D eigenvalue weighted by atomic mass is 10.2. The van der Waals surface area contributed by atoms with E-state index in [4.69, 9.17) is 0 Å². The van der Waals surface area contributed by atoms with Gasteiger partial charge in [0.05, 0.1) is 0 Å². The number of alkyl halides is 1. The molecule has 1 heterocycles. The molecule has 0 unspecified atom stereocenters. The van der Waals surface area contributed by atoms with Gasteiger partial charge in [-0.15, -0.1) is 23.1 Å². The third-order valence-electron chi connectivity index (χ3n) is 2.11. The van der Waals surface area contributed by atoms with Crippen LogP contribution < -0.4 is 0 Å². The third-order valence-corrected chi connectivity index (χ3v) is 5.57. The Morgan fingerprint density at radius 1 is 1.57 bits per heavy atom. The summed E-state index contributed by atoms with van der Waals surface area (Å²) in [6.45, 7) is 0. The van der Waals surface area contributed by atoms with Crippen LogP contribution in [0.1, 0.15) is 5.56 Å². The van der Waals surface area contributed by atoms with Gasteiger partial charge in [0, 0.05) is 23.9 Å². The molecule has 0 aliphatic heterocycles. The van der Waals surface area contributed by atoms with Crippen LogP contribution in [0, 0.1) is 3.57 Å². The molecule has 0 spiro atoms. The number of rotatable bonds is 2. The number of thiophene rings is 1. The van der Waals surface area contributed by atoms with Crippen molar-refractivity contribution in [2.45, 2.75) is 10.2 Å². The summed E-state index contributed by atoms with van der Waals surface area (Å²) in [5.74, 6) is 0. The van der Waals surface area contributed by atoms with E-state index in [-0.39, 0.29) is 0 Å². The number of fused-ring (bicyclic) bond motifs is 1. The highest BCUT2D eigenvalue weighted by molar-refractivity contribution is 14.1. The van der Waals surface area contributed by atoms with Crippen molar-refractivity contribution in [3.8, 4) is 0 Å². The molecule has 0 aliphatic carbocycles. The Hall–Kier alpha value is 0.740. The standard InChI is InChI=1S/C10H8BrIS2/c1-13-8-4-9-6(2-3-14-9)10(12)7(8)5-11/h2-4H,5H2,1H3. The average Bonchev–Trinajstić information content (AvgIpc) is 2.65. The monoisotopic (exact) mass is 398 g/mol. The summed E-state index contributed by atoms with van der Waals surface area (Å²) in [6, 6.07) is 4.50. The summed E-state index contributed by atoms with van der Waals surface area (Å²) in [5, 5.41) is 4.49. The van der Waals surface area contributed by atoms with Gasteiger partial charge in [-0.05, 0) is 51.9 Å². The lowest BCUT2D eigenvalue weighted by Crippen LogP contribution is -1.88. The molecule has 0 saturated heterocycles. The van der Waals surface area contributed by atoms with Gasteiger partial charge >= 0.3 is 0 Å². The normalized spacial score (nSPS) is 11.1. The van der Waals surface area contributed by atoms with E-state index in [9.17, 15) is 0 Å². The molecule has 1 aromatic carbocycles. The maximum Gasteiger partial charge on any atom is 0.0364 e. The summed E-state index contributed by atoms with van der Waals surface area (Å²) < 4.78 is 2.78. The summed E-state index contributed by atoms with van der Waals surface area (Å²) in [6.07, 6.45) is 2.14. The zero-order valence-corrected chi connectivity index (χ0v) is 12.9. The Kier molecular flexibility index (Phi) is 3.79. The number of thioether (sulfide) groups is 1. The molecule has 2 rings (SSSR count). The van der Waals surface area contributed by atoms with Crippen LogP contribution >= 0.6 is 61.6 Å². The predicted molar refractivity (Wildman–Crippen MR) is 79.0 cm³/mol. The van der Waals surface area contributed by atoms with Crippen molar-refractivity contribution in [1.29, 1.82) is 0 Å². The second-order valence-electron chi connectivity index (χ2n) is 2.84. The molecule has 0 bridgehead atoms. The Morgan fingerprint density at radius 3 is 3.00 bits per heavy atom. The van der Waals surface area contributed by atoms with Crippen LogP contribution in [-0.4, -0.2) is 6.26 Å². The van der Waals surface area contributed by atoms with Crippen molar-refractivity contribution in [2.75, 3.05) is 6.26 Å². The van der Waals surface area contributed by atoms with Crippen molar-refractivity contribution in [3.05, 3.63) is 26.6 Å². The van der Waals surface area contributed by atoms with Crippen molar-refractivity contribution < 1.29 is 0 Å². The fourth-order valence-electron chi connectivity index (χ4n) is 1.40. The van der Waals surface area contributed by atoms with E-state index in [2.05, 4.69) is 62.3 Å². The largest absolute Gasteiger partial charge is 0.144 e. The van der Waals surface area contributed by atoms with Gasteiger partial charge < -0.3 is 0 Å². The fraction of sp³-hybridized carbons (Fsp3) is 0.200. The van der Waals surface area contributed by atoms with Crippen LogP contribution in [0.5, 0.6) is 0 Å². The number of hydrogen-bond donors (Lipinski definition) is 0. The Labute approximate surface area is 114 Å². The first-order valence-corrected chi connectivity index (χ1v) is 8.37. The van der Waals surface area contributed by atoms with Crippen LogP contribution in [0.25, 0.3) is 10.1 Å². The van der Waals surface area contributed by atoms with E-state index in [1.807, 2.05) is 23.1 Å². The first-order valence-electron chi connectivity index (χ1n) is 4.06. The molecule has 74 valence electrons. The van der Waals surface area contributed by atoms with Crippen LogP contribution in [-0.2, 0) is 5.33 Å².